The molecule has 284 valence electrons. The van der Waals surface area contributed by atoms with E-state index in [1.165, 1.54) is 11.1 Å². The summed E-state index contributed by atoms with van der Waals surface area (Å²) in [5.41, 5.74) is 9.29. The molecule has 1 aliphatic carbocycles. The SMILES string of the molecule is Cc1cccc(C)c1Nc1nn(C)c2nc(Nc3ccc4c(c3)CN(CC3[C@H]5CN(c6ccc7c(c6)C(=O)N(C6CCC(=O)NC6=O)C7=O)C[C@@H]35)CC4)ncc12. The molecule has 2 aromatic heterocycles. The molecule has 10 rings (SSSR count). The number of nitrogens with one attached hydrogen (secondary N) is 3. The second-order valence-electron chi connectivity index (χ2n) is 16.0. The van der Waals surface area contributed by atoms with Gasteiger partial charge in [-0.3, -0.25) is 34.3 Å². The molecule has 5 aromatic rings. The Morgan fingerprint density at radius 3 is 2.45 bits per heavy atom. The molecule has 2 unspecified atom stereocenters. The van der Waals surface area contributed by atoms with Crippen molar-refractivity contribution in [2.24, 2.45) is 24.8 Å². The normalized spacial score (nSPS) is 23.0. The number of para-hydroxylation sites is 1. The Labute approximate surface area is 323 Å². The molecule has 0 spiro atoms. The molecule has 4 amide bonds. The van der Waals surface area contributed by atoms with E-state index >= 15 is 0 Å². The van der Waals surface area contributed by atoms with Crippen LogP contribution in [-0.4, -0.2) is 85.4 Å². The summed E-state index contributed by atoms with van der Waals surface area (Å²) in [7, 11) is 1.90. The summed E-state index contributed by atoms with van der Waals surface area (Å²) >= 11 is 0. The number of fused-ring (bicyclic) bond motifs is 4. The number of anilines is 5. The van der Waals surface area contributed by atoms with Crippen LogP contribution in [0.1, 0.15) is 55.8 Å². The molecular weight excluding hydrogens is 709 g/mol. The van der Waals surface area contributed by atoms with E-state index in [1.807, 2.05) is 19.3 Å². The lowest BCUT2D eigenvalue weighted by atomic mass is 9.98. The van der Waals surface area contributed by atoms with E-state index in [2.05, 4.69) is 81.0 Å². The van der Waals surface area contributed by atoms with Crippen molar-refractivity contribution in [2.45, 2.75) is 45.7 Å². The number of carbonyl (C=O) groups is 4. The zero-order valence-corrected chi connectivity index (χ0v) is 31.5. The third-order valence-electron chi connectivity index (χ3n) is 12.5. The molecule has 1 saturated carbocycles. The molecule has 4 atom stereocenters. The number of nitrogens with zero attached hydrogens (tertiary/aromatic N) is 7. The van der Waals surface area contributed by atoms with Gasteiger partial charge in [-0.2, -0.15) is 10.1 Å². The van der Waals surface area contributed by atoms with Gasteiger partial charge < -0.3 is 15.5 Å². The van der Waals surface area contributed by atoms with Crippen molar-refractivity contribution in [3.63, 3.8) is 0 Å². The number of hydrogen-bond donors (Lipinski definition) is 3. The number of benzene rings is 3. The molecule has 14 heteroatoms. The van der Waals surface area contributed by atoms with Crippen LogP contribution in [0.15, 0.2) is 60.8 Å². The molecule has 3 fully saturated rings. The first-order valence-corrected chi connectivity index (χ1v) is 19.3. The van der Waals surface area contributed by atoms with Gasteiger partial charge in [0.2, 0.25) is 17.8 Å². The lowest BCUT2D eigenvalue weighted by Gasteiger charge is -2.30. The number of imide groups is 2. The van der Waals surface area contributed by atoms with Crippen molar-refractivity contribution in [3.05, 3.63) is 94.2 Å². The highest BCUT2D eigenvalue weighted by molar-refractivity contribution is 6.23. The minimum Gasteiger partial charge on any atom is -0.371 e. The van der Waals surface area contributed by atoms with E-state index in [9.17, 15) is 19.2 Å². The number of aromatic nitrogens is 4. The van der Waals surface area contributed by atoms with Crippen molar-refractivity contribution >= 4 is 63.5 Å². The summed E-state index contributed by atoms with van der Waals surface area (Å²) in [5, 5.41) is 14.8. The molecule has 2 saturated heterocycles. The van der Waals surface area contributed by atoms with Gasteiger partial charge in [0.15, 0.2) is 11.5 Å². The van der Waals surface area contributed by atoms with Crippen LogP contribution < -0.4 is 20.9 Å². The Hall–Kier alpha value is -6.15. The van der Waals surface area contributed by atoms with Crippen molar-refractivity contribution < 1.29 is 19.2 Å². The highest BCUT2D eigenvalue weighted by Crippen LogP contribution is 2.53. The maximum Gasteiger partial charge on any atom is 0.262 e. The number of amides is 4. The average Bonchev–Trinajstić information content (AvgIpc) is 3.42. The molecule has 3 N–H and O–H groups in total. The smallest absolute Gasteiger partial charge is 0.262 e. The fourth-order valence-corrected chi connectivity index (χ4v) is 9.38. The largest absolute Gasteiger partial charge is 0.371 e. The topological polar surface area (TPSA) is 158 Å². The summed E-state index contributed by atoms with van der Waals surface area (Å²) in [6.07, 6.45) is 3.08. The van der Waals surface area contributed by atoms with Gasteiger partial charge in [-0.25, -0.2) is 9.67 Å². The van der Waals surface area contributed by atoms with Gasteiger partial charge in [0, 0.05) is 69.5 Å². The molecule has 0 bridgehead atoms. The van der Waals surface area contributed by atoms with Crippen molar-refractivity contribution in [2.75, 3.05) is 41.7 Å². The summed E-state index contributed by atoms with van der Waals surface area (Å²) in [6, 6.07) is 17.2. The van der Waals surface area contributed by atoms with E-state index < -0.39 is 23.8 Å². The Kier molecular flexibility index (Phi) is 7.96. The van der Waals surface area contributed by atoms with E-state index in [4.69, 9.17) is 10.1 Å². The Bertz CT molecular complexity index is 2480. The predicted octanol–water partition coefficient (Wildman–Crippen LogP) is 4.61. The summed E-state index contributed by atoms with van der Waals surface area (Å²) in [5.74, 6) is 1.13. The number of carbonyl (C=O) groups excluding carboxylic acids is 4. The molecule has 56 heavy (non-hydrogen) atoms. The molecule has 0 radical (unpaired) electrons. The zero-order chi connectivity index (χ0) is 38.4. The predicted molar refractivity (Wildman–Crippen MR) is 210 cm³/mol. The number of piperidine rings is 2. The van der Waals surface area contributed by atoms with Crippen LogP contribution in [0.2, 0.25) is 0 Å². The highest BCUT2D eigenvalue weighted by Gasteiger charge is 2.56. The molecule has 5 aliphatic rings. The van der Waals surface area contributed by atoms with Crippen LogP contribution in [0.25, 0.3) is 11.0 Å². The summed E-state index contributed by atoms with van der Waals surface area (Å²) in [4.78, 5) is 66.1. The molecule has 4 aliphatic heterocycles. The van der Waals surface area contributed by atoms with Crippen LogP contribution in [0.3, 0.4) is 0 Å². The Balaban J connectivity index is 0.763. The van der Waals surface area contributed by atoms with Gasteiger partial charge in [-0.15, -0.1) is 0 Å². The summed E-state index contributed by atoms with van der Waals surface area (Å²) < 4.78 is 1.78. The van der Waals surface area contributed by atoms with Crippen molar-refractivity contribution in [1.82, 2.24) is 34.9 Å². The zero-order valence-electron chi connectivity index (χ0n) is 31.5. The van der Waals surface area contributed by atoms with Gasteiger partial charge in [0.1, 0.15) is 6.04 Å². The van der Waals surface area contributed by atoms with Crippen LogP contribution >= 0.6 is 0 Å². The first-order chi connectivity index (χ1) is 27.1. The maximum atomic E-state index is 13.4. The fourth-order valence-electron chi connectivity index (χ4n) is 9.38. The van der Waals surface area contributed by atoms with Gasteiger partial charge >= 0.3 is 0 Å². The van der Waals surface area contributed by atoms with Gasteiger partial charge in [-0.1, -0.05) is 24.3 Å². The minimum absolute atomic E-state index is 0.101. The quantitative estimate of drug-likeness (QED) is 0.190. The standard InChI is InChI=1S/C42H42N10O4/c1-22-5-4-6-23(2)36(22)46-37-30-17-43-42(47-38(30)49(3)48-37)44-26-8-7-24-13-14-50(18-25(24)15-26)19-31-32-20-51(21-33(31)32)27-9-10-28-29(16-27)41(56)52(40(28)55)34-11-12-35(53)45-39(34)54/h4-10,15-17,31-34H,11-14,18-21H2,1-3H3,(H,46,48)(H,43,44,47)(H,45,53,54)/t31?,32-,33+,34?. The van der Waals surface area contributed by atoms with Gasteiger partial charge in [0.05, 0.1) is 16.5 Å². The first-order valence-electron chi connectivity index (χ1n) is 19.3. The number of rotatable bonds is 8. The molecule has 3 aromatic carbocycles. The first kappa shape index (κ1) is 34.3. The lowest BCUT2D eigenvalue weighted by Crippen LogP contribution is -2.54. The van der Waals surface area contributed by atoms with Crippen molar-refractivity contribution in [3.8, 4) is 0 Å². The average molecular weight is 751 g/mol. The molecular formula is C42H42N10O4. The monoisotopic (exact) mass is 750 g/mol. The van der Waals surface area contributed by atoms with Crippen LogP contribution in [0.4, 0.5) is 28.8 Å². The summed E-state index contributed by atoms with van der Waals surface area (Å²) in [6.45, 7) is 8.96. The molecule has 14 nitrogen and oxygen atoms in total. The Morgan fingerprint density at radius 2 is 1.66 bits per heavy atom. The van der Waals surface area contributed by atoms with Crippen LogP contribution in [0, 0.1) is 31.6 Å². The third kappa shape index (κ3) is 5.78. The molecule has 6 heterocycles. The second kappa shape index (κ2) is 13.0. The second-order valence-corrected chi connectivity index (χ2v) is 16.0. The minimum atomic E-state index is -0.962. The highest BCUT2D eigenvalue weighted by atomic mass is 16.2. The van der Waals surface area contributed by atoms with E-state index in [0.29, 0.717) is 34.8 Å². The van der Waals surface area contributed by atoms with E-state index in [0.717, 1.165) is 89.1 Å². The van der Waals surface area contributed by atoms with Crippen LogP contribution in [0.5, 0.6) is 0 Å². The third-order valence-corrected chi connectivity index (χ3v) is 12.5. The van der Waals surface area contributed by atoms with Crippen molar-refractivity contribution in [1.29, 1.82) is 0 Å². The lowest BCUT2D eigenvalue weighted by molar-refractivity contribution is -0.136. The van der Waals surface area contributed by atoms with Gasteiger partial charge in [-0.05, 0) is 97.0 Å². The Morgan fingerprint density at radius 1 is 0.875 bits per heavy atom. The van der Waals surface area contributed by atoms with Crippen LogP contribution in [-0.2, 0) is 29.6 Å². The van der Waals surface area contributed by atoms with Gasteiger partial charge in [0.25, 0.3) is 11.8 Å². The number of hydrogen-bond acceptors (Lipinski definition) is 11. The fraction of sp³-hybridized carbons (Fsp3) is 0.357. The van der Waals surface area contributed by atoms with E-state index in [1.54, 1.807) is 16.8 Å². The number of aryl methyl sites for hydroxylation is 3. The van der Waals surface area contributed by atoms with E-state index in [-0.39, 0.29) is 18.7 Å². The maximum absolute atomic E-state index is 13.4.